The van der Waals surface area contributed by atoms with Gasteiger partial charge in [0.05, 0.1) is 6.10 Å². The van der Waals surface area contributed by atoms with Gasteiger partial charge in [-0.15, -0.1) is 0 Å². The predicted molar refractivity (Wildman–Crippen MR) is 83.1 cm³/mol. The molecule has 1 saturated carbocycles. The summed E-state index contributed by atoms with van der Waals surface area (Å²) in [6, 6.07) is 12.4. The summed E-state index contributed by atoms with van der Waals surface area (Å²) in [4.78, 5) is 0. The van der Waals surface area contributed by atoms with Gasteiger partial charge < -0.3 is 5.11 Å². The number of hydrogen-bond acceptors (Lipinski definition) is 1. The first-order valence-electron chi connectivity index (χ1n) is 7.36. The van der Waals surface area contributed by atoms with E-state index in [0.717, 1.165) is 11.1 Å². The van der Waals surface area contributed by atoms with E-state index in [1.165, 1.54) is 37.0 Å². The smallest absolute Gasteiger partial charge is 0.124 e. The van der Waals surface area contributed by atoms with Crippen molar-refractivity contribution in [2.75, 3.05) is 0 Å². The molecule has 3 heteroatoms. The molecular formula is C18H18ClFO. The van der Waals surface area contributed by atoms with E-state index in [-0.39, 0.29) is 5.82 Å². The molecule has 0 aromatic heterocycles. The summed E-state index contributed by atoms with van der Waals surface area (Å²) in [5, 5.41) is 10.9. The molecule has 0 amide bonds. The first kappa shape index (κ1) is 14.6. The molecule has 1 unspecified atom stereocenters. The van der Waals surface area contributed by atoms with Crippen molar-refractivity contribution in [1.29, 1.82) is 0 Å². The fourth-order valence-electron chi connectivity index (χ4n) is 2.91. The van der Waals surface area contributed by atoms with Crippen molar-refractivity contribution in [2.24, 2.45) is 0 Å². The van der Waals surface area contributed by atoms with Gasteiger partial charge in [-0.05, 0) is 47.6 Å². The van der Waals surface area contributed by atoms with E-state index in [1.54, 1.807) is 6.07 Å². The third kappa shape index (κ3) is 3.12. The topological polar surface area (TPSA) is 20.2 Å². The van der Waals surface area contributed by atoms with Crippen LogP contribution in [0.3, 0.4) is 0 Å². The zero-order valence-electron chi connectivity index (χ0n) is 11.7. The van der Waals surface area contributed by atoms with Crippen LogP contribution in [0.2, 0.25) is 5.02 Å². The van der Waals surface area contributed by atoms with Gasteiger partial charge in [-0.25, -0.2) is 4.39 Å². The molecule has 1 fully saturated rings. The molecule has 2 aromatic carbocycles. The average Bonchev–Trinajstić information content (AvgIpc) is 2.40. The van der Waals surface area contributed by atoms with Crippen LogP contribution < -0.4 is 0 Å². The van der Waals surface area contributed by atoms with Gasteiger partial charge in [0.25, 0.3) is 0 Å². The molecule has 1 N–H and O–H groups in total. The Hall–Kier alpha value is -1.38. The molecule has 1 aliphatic carbocycles. The number of benzene rings is 2. The molecule has 0 radical (unpaired) electrons. The summed E-state index contributed by atoms with van der Waals surface area (Å²) in [5.41, 5.74) is 2.99. The Morgan fingerprint density at radius 1 is 1.19 bits per heavy atom. The van der Waals surface area contributed by atoms with Crippen LogP contribution in [0, 0.1) is 5.82 Å². The minimum Gasteiger partial charge on any atom is -0.388 e. The molecule has 0 bridgehead atoms. The second-order valence-corrected chi connectivity index (χ2v) is 6.12. The molecule has 110 valence electrons. The Balaban J connectivity index is 1.83. The maximum Gasteiger partial charge on any atom is 0.124 e. The van der Waals surface area contributed by atoms with E-state index in [1.807, 2.05) is 18.2 Å². The summed E-state index contributed by atoms with van der Waals surface area (Å²) in [5.74, 6) is 0.215. The van der Waals surface area contributed by atoms with Gasteiger partial charge in [-0.1, -0.05) is 48.4 Å². The maximum atomic E-state index is 13.1. The van der Waals surface area contributed by atoms with E-state index < -0.39 is 6.10 Å². The lowest BCUT2D eigenvalue weighted by atomic mass is 9.77. The summed E-state index contributed by atoms with van der Waals surface area (Å²) in [6.45, 7) is 0. The Morgan fingerprint density at radius 2 is 1.95 bits per heavy atom. The van der Waals surface area contributed by atoms with Crippen molar-refractivity contribution in [3.63, 3.8) is 0 Å². The molecule has 21 heavy (non-hydrogen) atoms. The maximum absolute atomic E-state index is 13.1. The van der Waals surface area contributed by atoms with Crippen molar-refractivity contribution in [3.05, 3.63) is 70.0 Å². The van der Waals surface area contributed by atoms with Gasteiger partial charge >= 0.3 is 0 Å². The fourth-order valence-corrected chi connectivity index (χ4v) is 3.16. The lowest BCUT2D eigenvalue weighted by molar-refractivity contribution is 0.175. The van der Waals surface area contributed by atoms with Crippen LogP contribution in [0.25, 0.3) is 0 Å². The van der Waals surface area contributed by atoms with Gasteiger partial charge in [0.15, 0.2) is 0 Å². The van der Waals surface area contributed by atoms with Gasteiger partial charge in [-0.3, -0.25) is 0 Å². The molecule has 0 aliphatic heterocycles. The molecule has 0 saturated heterocycles. The van der Waals surface area contributed by atoms with Crippen molar-refractivity contribution in [1.82, 2.24) is 0 Å². The SMILES string of the molecule is OC(Cc1ccc(F)cc1Cl)c1ccccc1C1CCC1. The second-order valence-electron chi connectivity index (χ2n) is 5.71. The van der Waals surface area contributed by atoms with Crippen molar-refractivity contribution in [2.45, 2.75) is 37.7 Å². The van der Waals surface area contributed by atoms with Crippen LogP contribution in [-0.4, -0.2) is 5.11 Å². The predicted octanol–water partition coefficient (Wildman–Crippen LogP) is 5.02. The average molecular weight is 305 g/mol. The van der Waals surface area contributed by atoms with E-state index in [9.17, 15) is 9.50 Å². The highest BCUT2D eigenvalue weighted by Gasteiger charge is 2.24. The molecule has 1 atom stereocenters. The summed E-state index contributed by atoms with van der Waals surface area (Å²) in [7, 11) is 0. The first-order chi connectivity index (χ1) is 10.1. The highest BCUT2D eigenvalue weighted by molar-refractivity contribution is 6.31. The monoisotopic (exact) mass is 304 g/mol. The number of rotatable bonds is 4. The summed E-state index contributed by atoms with van der Waals surface area (Å²) < 4.78 is 13.1. The molecule has 1 aliphatic rings. The largest absolute Gasteiger partial charge is 0.388 e. The lowest BCUT2D eigenvalue weighted by Gasteiger charge is -2.29. The van der Waals surface area contributed by atoms with Gasteiger partial charge in [0, 0.05) is 11.4 Å². The molecule has 0 heterocycles. The van der Waals surface area contributed by atoms with E-state index >= 15 is 0 Å². The quantitative estimate of drug-likeness (QED) is 0.840. The Bertz CT molecular complexity index is 637. The Morgan fingerprint density at radius 3 is 2.62 bits per heavy atom. The van der Waals surface area contributed by atoms with Crippen LogP contribution in [0.4, 0.5) is 4.39 Å². The van der Waals surface area contributed by atoms with Crippen LogP contribution in [-0.2, 0) is 6.42 Å². The van der Waals surface area contributed by atoms with Gasteiger partial charge in [0.2, 0.25) is 0 Å². The number of aliphatic hydroxyl groups excluding tert-OH is 1. The first-order valence-corrected chi connectivity index (χ1v) is 7.74. The van der Waals surface area contributed by atoms with Crippen molar-refractivity contribution in [3.8, 4) is 0 Å². The highest BCUT2D eigenvalue weighted by atomic mass is 35.5. The molecule has 1 nitrogen and oxygen atoms in total. The fraction of sp³-hybridized carbons (Fsp3) is 0.333. The number of halogens is 2. The highest BCUT2D eigenvalue weighted by Crippen LogP contribution is 2.40. The standard InChI is InChI=1S/C18H18ClFO/c19-17-11-14(20)9-8-13(17)10-18(21)16-7-2-1-6-15(16)12-4-3-5-12/h1-2,6-9,11-12,18,21H,3-5,10H2. The van der Waals surface area contributed by atoms with Gasteiger partial charge in [0.1, 0.15) is 5.82 Å². The zero-order chi connectivity index (χ0) is 14.8. The van der Waals surface area contributed by atoms with Crippen molar-refractivity contribution < 1.29 is 9.50 Å². The second kappa shape index (κ2) is 6.17. The normalized spacial score (nSPS) is 16.5. The molecule has 2 aromatic rings. The van der Waals surface area contributed by atoms with E-state index in [2.05, 4.69) is 6.07 Å². The van der Waals surface area contributed by atoms with Crippen LogP contribution in [0.1, 0.15) is 48.0 Å². The summed E-state index contributed by atoms with van der Waals surface area (Å²) >= 11 is 6.05. The minimum atomic E-state index is -0.607. The van der Waals surface area contributed by atoms with E-state index in [0.29, 0.717) is 17.4 Å². The Labute approximate surface area is 129 Å². The third-order valence-electron chi connectivity index (χ3n) is 4.33. The van der Waals surface area contributed by atoms with Crippen LogP contribution in [0.5, 0.6) is 0 Å². The molecule has 3 rings (SSSR count). The molecular weight excluding hydrogens is 287 g/mol. The number of hydrogen-bond donors (Lipinski definition) is 1. The number of aliphatic hydroxyl groups is 1. The van der Waals surface area contributed by atoms with Crippen molar-refractivity contribution >= 4 is 11.6 Å². The van der Waals surface area contributed by atoms with E-state index in [4.69, 9.17) is 11.6 Å². The Kier molecular flexibility index (Phi) is 4.27. The third-order valence-corrected chi connectivity index (χ3v) is 4.68. The zero-order valence-corrected chi connectivity index (χ0v) is 12.5. The minimum absolute atomic E-state index is 0.354. The summed E-state index contributed by atoms with van der Waals surface area (Å²) in [6.07, 6.45) is 3.45. The van der Waals surface area contributed by atoms with Crippen LogP contribution in [0.15, 0.2) is 42.5 Å². The van der Waals surface area contributed by atoms with Crippen LogP contribution >= 0.6 is 11.6 Å². The van der Waals surface area contributed by atoms with Gasteiger partial charge in [-0.2, -0.15) is 0 Å². The molecule has 0 spiro atoms. The lowest BCUT2D eigenvalue weighted by Crippen LogP contribution is -2.14.